The second kappa shape index (κ2) is 5.26. The van der Waals surface area contributed by atoms with Crippen molar-refractivity contribution in [1.82, 2.24) is 5.32 Å². The van der Waals surface area contributed by atoms with E-state index in [9.17, 15) is 14.9 Å². The number of halogens is 1. The van der Waals surface area contributed by atoms with Gasteiger partial charge in [-0.1, -0.05) is 0 Å². The number of benzene rings is 1. The average molecular weight is 328 g/mol. The number of hydrogen-bond acceptors (Lipinski definition) is 4. The number of anilines is 1. The Labute approximate surface area is 118 Å². The van der Waals surface area contributed by atoms with Crippen molar-refractivity contribution < 1.29 is 9.72 Å². The maximum Gasteiger partial charge on any atom is 0.270 e. The van der Waals surface area contributed by atoms with Gasteiger partial charge in [-0.3, -0.25) is 14.9 Å². The summed E-state index contributed by atoms with van der Waals surface area (Å²) in [6, 6.07) is 4.27. The van der Waals surface area contributed by atoms with E-state index in [1.807, 2.05) is 6.92 Å². The minimum Gasteiger partial charge on any atom is -0.323 e. The molecule has 1 saturated heterocycles. The molecule has 2 rings (SSSR count). The van der Waals surface area contributed by atoms with Gasteiger partial charge in [-0.15, -0.1) is 0 Å². The molecule has 0 aliphatic carbocycles. The molecule has 1 amide bonds. The van der Waals surface area contributed by atoms with Crippen molar-refractivity contribution in [1.29, 1.82) is 0 Å². The van der Waals surface area contributed by atoms with Crippen molar-refractivity contribution >= 4 is 33.2 Å². The van der Waals surface area contributed by atoms with E-state index in [4.69, 9.17) is 0 Å². The third kappa shape index (κ3) is 2.93. The van der Waals surface area contributed by atoms with Crippen molar-refractivity contribution in [2.75, 3.05) is 11.9 Å². The van der Waals surface area contributed by atoms with E-state index >= 15 is 0 Å². The summed E-state index contributed by atoms with van der Waals surface area (Å²) in [6.07, 6.45) is 1.74. The Hall–Kier alpha value is -1.47. The van der Waals surface area contributed by atoms with Crippen molar-refractivity contribution in [3.63, 3.8) is 0 Å². The van der Waals surface area contributed by atoms with Crippen LogP contribution in [0.2, 0.25) is 0 Å². The summed E-state index contributed by atoms with van der Waals surface area (Å²) in [5, 5.41) is 16.6. The molecule has 0 aromatic heterocycles. The lowest BCUT2D eigenvalue weighted by Gasteiger charge is -2.23. The third-order valence-electron chi connectivity index (χ3n) is 3.28. The van der Waals surface area contributed by atoms with Crippen LogP contribution in [0.15, 0.2) is 22.7 Å². The summed E-state index contributed by atoms with van der Waals surface area (Å²) in [4.78, 5) is 22.3. The van der Waals surface area contributed by atoms with Crippen LogP contribution in [-0.4, -0.2) is 22.9 Å². The first-order valence-electron chi connectivity index (χ1n) is 5.93. The fraction of sp³-hybridized carbons (Fsp3) is 0.417. The van der Waals surface area contributed by atoms with Crippen molar-refractivity contribution in [2.24, 2.45) is 0 Å². The Balaban J connectivity index is 2.15. The van der Waals surface area contributed by atoms with Gasteiger partial charge in [-0.05, 0) is 48.3 Å². The lowest BCUT2D eigenvalue weighted by atomic mass is 9.99. The van der Waals surface area contributed by atoms with Crippen LogP contribution in [-0.2, 0) is 4.79 Å². The van der Waals surface area contributed by atoms with Crippen LogP contribution in [0, 0.1) is 10.1 Å². The van der Waals surface area contributed by atoms with Crippen LogP contribution in [0.4, 0.5) is 11.4 Å². The summed E-state index contributed by atoms with van der Waals surface area (Å²) in [7, 11) is 0. The van der Waals surface area contributed by atoms with Crippen molar-refractivity contribution in [3.8, 4) is 0 Å². The van der Waals surface area contributed by atoms with E-state index in [2.05, 4.69) is 26.6 Å². The topological polar surface area (TPSA) is 84.3 Å². The highest BCUT2D eigenvalue weighted by molar-refractivity contribution is 9.10. The number of nitrogens with one attached hydrogen (secondary N) is 2. The number of amides is 1. The van der Waals surface area contributed by atoms with Crippen LogP contribution in [0.5, 0.6) is 0 Å². The van der Waals surface area contributed by atoms with Crippen molar-refractivity contribution in [3.05, 3.63) is 32.8 Å². The van der Waals surface area contributed by atoms with Gasteiger partial charge in [-0.2, -0.15) is 0 Å². The zero-order valence-electron chi connectivity index (χ0n) is 10.4. The molecule has 1 fully saturated rings. The SMILES string of the molecule is CC1(C(=O)Nc2ccc([N+](=O)[O-])cc2Br)CCCN1. The van der Waals surface area contributed by atoms with Crippen LogP contribution < -0.4 is 10.6 Å². The Kier molecular flexibility index (Phi) is 3.86. The molecule has 1 atom stereocenters. The highest BCUT2D eigenvalue weighted by Gasteiger charge is 2.36. The van der Waals surface area contributed by atoms with E-state index in [-0.39, 0.29) is 11.6 Å². The first-order chi connectivity index (χ1) is 8.92. The first kappa shape index (κ1) is 14.0. The van der Waals surface area contributed by atoms with Gasteiger partial charge in [0, 0.05) is 16.6 Å². The summed E-state index contributed by atoms with van der Waals surface area (Å²) >= 11 is 3.23. The monoisotopic (exact) mass is 327 g/mol. The molecule has 2 N–H and O–H groups in total. The molecular formula is C12H14BrN3O3. The van der Waals surface area contributed by atoms with Crippen LogP contribution >= 0.6 is 15.9 Å². The number of carbonyl (C=O) groups excluding carboxylic acids is 1. The number of nitro groups is 1. The second-order valence-electron chi connectivity index (χ2n) is 4.74. The maximum absolute atomic E-state index is 12.2. The zero-order chi connectivity index (χ0) is 14.0. The van der Waals surface area contributed by atoms with Crippen LogP contribution in [0.3, 0.4) is 0 Å². The Bertz CT molecular complexity index is 527. The van der Waals surface area contributed by atoms with Gasteiger partial charge in [0.2, 0.25) is 5.91 Å². The Morgan fingerprint density at radius 1 is 1.58 bits per heavy atom. The summed E-state index contributed by atoms with van der Waals surface area (Å²) < 4.78 is 0.497. The molecule has 1 aromatic carbocycles. The molecule has 102 valence electrons. The predicted molar refractivity (Wildman–Crippen MR) is 75.1 cm³/mol. The lowest BCUT2D eigenvalue weighted by molar-refractivity contribution is -0.384. The number of nitrogens with zero attached hydrogens (tertiary/aromatic N) is 1. The second-order valence-corrected chi connectivity index (χ2v) is 5.59. The fourth-order valence-electron chi connectivity index (χ4n) is 2.07. The van der Waals surface area contributed by atoms with Crippen LogP contribution in [0.25, 0.3) is 0 Å². The molecule has 1 aromatic rings. The number of nitro benzene ring substituents is 1. The van der Waals surface area contributed by atoms with E-state index in [0.717, 1.165) is 19.4 Å². The average Bonchev–Trinajstić information content (AvgIpc) is 2.80. The van der Waals surface area contributed by atoms with Gasteiger partial charge in [0.05, 0.1) is 16.1 Å². The van der Waals surface area contributed by atoms with Gasteiger partial charge in [0.15, 0.2) is 0 Å². The molecule has 0 bridgehead atoms. The quantitative estimate of drug-likeness (QED) is 0.659. The Morgan fingerprint density at radius 3 is 2.84 bits per heavy atom. The lowest BCUT2D eigenvalue weighted by Crippen LogP contribution is -2.48. The molecule has 1 heterocycles. The standard InChI is InChI=1S/C12H14BrN3O3/c1-12(5-2-6-14-12)11(17)15-10-4-3-8(16(18)19)7-9(10)13/h3-4,7,14H,2,5-6H2,1H3,(H,15,17). The van der Waals surface area contributed by atoms with E-state index in [1.54, 1.807) is 0 Å². The highest BCUT2D eigenvalue weighted by Crippen LogP contribution is 2.28. The number of hydrogen-bond donors (Lipinski definition) is 2. The Morgan fingerprint density at radius 2 is 2.32 bits per heavy atom. The van der Waals surface area contributed by atoms with Gasteiger partial charge in [0.1, 0.15) is 0 Å². The molecule has 6 nitrogen and oxygen atoms in total. The van der Waals surface area contributed by atoms with E-state index < -0.39 is 10.5 Å². The largest absolute Gasteiger partial charge is 0.323 e. The molecule has 0 spiro atoms. The van der Waals surface area contributed by atoms with E-state index in [1.165, 1.54) is 18.2 Å². The van der Waals surface area contributed by atoms with Gasteiger partial charge in [0.25, 0.3) is 5.69 Å². The van der Waals surface area contributed by atoms with Gasteiger partial charge >= 0.3 is 0 Å². The minimum atomic E-state index is -0.568. The maximum atomic E-state index is 12.2. The summed E-state index contributed by atoms with van der Waals surface area (Å²) in [5.41, 5.74) is -0.0538. The van der Waals surface area contributed by atoms with Gasteiger partial charge < -0.3 is 10.6 Å². The van der Waals surface area contributed by atoms with Gasteiger partial charge in [-0.25, -0.2) is 0 Å². The number of rotatable bonds is 3. The number of non-ortho nitro benzene ring substituents is 1. The fourth-order valence-corrected chi connectivity index (χ4v) is 2.53. The third-order valence-corrected chi connectivity index (χ3v) is 3.94. The summed E-state index contributed by atoms with van der Waals surface area (Å²) in [5.74, 6) is -0.125. The number of carbonyl (C=O) groups is 1. The molecule has 1 aliphatic heterocycles. The predicted octanol–water partition coefficient (Wildman–Crippen LogP) is 2.44. The zero-order valence-corrected chi connectivity index (χ0v) is 12.0. The molecular weight excluding hydrogens is 314 g/mol. The molecule has 1 unspecified atom stereocenters. The van der Waals surface area contributed by atoms with E-state index in [0.29, 0.717) is 10.2 Å². The normalized spacial score (nSPS) is 22.2. The minimum absolute atomic E-state index is 0.0184. The molecule has 19 heavy (non-hydrogen) atoms. The highest BCUT2D eigenvalue weighted by atomic mass is 79.9. The van der Waals surface area contributed by atoms with Crippen molar-refractivity contribution in [2.45, 2.75) is 25.3 Å². The molecule has 0 radical (unpaired) electrons. The molecule has 1 aliphatic rings. The molecule has 0 saturated carbocycles. The van der Waals surface area contributed by atoms with Crippen LogP contribution in [0.1, 0.15) is 19.8 Å². The first-order valence-corrected chi connectivity index (χ1v) is 6.72. The smallest absolute Gasteiger partial charge is 0.270 e. The summed E-state index contributed by atoms with van der Waals surface area (Å²) in [6.45, 7) is 2.68. The molecule has 7 heteroatoms.